The zero-order chi connectivity index (χ0) is 28.0. The number of amides is 1. The van der Waals surface area contributed by atoms with Crippen molar-refractivity contribution in [1.29, 1.82) is 5.41 Å². The average molecular weight is 536 g/mol. The van der Waals surface area contributed by atoms with E-state index < -0.39 is 17.5 Å². The van der Waals surface area contributed by atoms with E-state index in [0.29, 0.717) is 35.5 Å². The highest BCUT2D eigenvalue weighted by molar-refractivity contribution is 6.43. The monoisotopic (exact) mass is 535 g/mol. The van der Waals surface area contributed by atoms with Gasteiger partial charge in [-0.3, -0.25) is 15.7 Å². The minimum absolute atomic E-state index is 0.0905. The molecule has 2 fully saturated rings. The fourth-order valence-electron chi connectivity index (χ4n) is 5.52. The number of aliphatic imine (C=N–C) groups is 3. The van der Waals surface area contributed by atoms with Crippen molar-refractivity contribution < 1.29 is 15.0 Å². The van der Waals surface area contributed by atoms with Crippen molar-refractivity contribution in [3.63, 3.8) is 0 Å². The third-order valence-electron chi connectivity index (χ3n) is 8.14. The van der Waals surface area contributed by atoms with Gasteiger partial charge in [0.1, 0.15) is 17.1 Å². The molecule has 5 N–H and O–H groups in total. The van der Waals surface area contributed by atoms with Crippen LogP contribution in [0.15, 0.2) is 57.2 Å². The molecule has 0 saturated heterocycles. The molecule has 10 heteroatoms. The summed E-state index contributed by atoms with van der Waals surface area (Å²) in [7, 11) is 1.46. The molecule has 0 spiro atoms. The number of benzene rings is 1. The third kappa shape index (κ3) is 6.73. The van der Waals surface area contributed by atoms with Gasteiger partial charge in [-0.2, -0.15) is 0 Å². The number of nitrogens with one attached hydrogen (secondary N) is 3. The maximum Gasteiger partial charge on any atom is 0.410 e. The quantitative estimate of drug-likeness (QED) is 0.258. The lowest BCUT2D eigenvalue weighted by Crippen LogP contribution is -2.45. The summed E-state index contributed by atoms with van der Waals surface area (Å²) in [5, 5.41) is 34.8. The molecule has 2 aliphatic carbocycles. The average Bonchev–Trinajstić information content (AvgIpc) is 3.22. The first-order valence-corrected chi connectivity index (χ1v) is 14.0. The van der Waals surface area contributed by atoms with Crippen LogP contribution in [0.4, 0.5) is 4.79 Å². The van der Waals surface area contributed by atoms with Gasteiger partial charge >= 0.3 is 6.09 Å². The van der Waals surface area contributed by atoms with Crippen LogP contribution in [0.5, 0.6) is 0 Å². The SMILES string of the molecule is C\N=C(/N=C1/N=C(C(C)(O)c2ccccc2)N(CC2CCCCC2)/C1=C\N[C@H](C)C1CCC1)C(=N)NC(=O)O. The Balaban J connectivity index is 1.78. The second kappa shape index (κ2) is 12.5. The van der Waals surface area contributed by atoms with Gasteiger partial charge in [0.05, 0.1) is 0 Å². The summed E-state index contributed by atoms with van der Waals surface area (Å²) in [5.41, 5.74) is -0.0249. The highest BCUT2D eigenvalue weighted by Gasteiger charge is 2.42. The van der Waals surface area contributed by atoms with E-state index in [1.165, 1.54) is 45.6 Å². The van der Waals surface area contributed by atoms with Crippen molar-refractivity contribution in [2.75, 3.05) is 13.6 Å². The first-order chi connectivity index (χ1) is 18.7. The normalized spacial score (nSPS) is 23.2. The number of amidine groups is 4. The topological polar surface area (TPSA) is 146 Å². The van der Waals surface area contributed by atoms with Gasteiger partial charge in [0.2, 0.25) is 0 Å². The van der Waals surface area contributed by atoms with Crippen LogP contribution < -0.4 is 10.6 Å². The molecule has 0 radical (unpaired) electrons. The predicted octanol–water partition coefficient (Wildman–Crippen LogP) is 4.48. The first-order valence-electron chi connectivity index (χ1n) is 14.0. The minimum atomic E-state index is -1.41. The Kier molecular flexibility index (Phi) is 9.16. The van der Waals surface area contributed by atoms with Gasteiger partial charge in [-0.15, -0.1) is 0 Å². The van der Waals surface area contributed by atoms with Gasteiger partial charge in [-0.25, -0.2) is 14.8 Å². The summed E-state index contributed by atoms with van der Waals surface area (Å²) in [4.78, 5) is 26.7. The smallest absolute Gasteiger partial charge is 0.410 e. The Hall–Kier alpha value is -3.53. The second-order valence-electron chi connectivity index (χ2n) is 11.0. The van der Waals surface area contributed by atoms with Gasteiger partial charge in [-0.1, -0.05) is 56.0 Å². The predicted molar refractivity (Wildman–Crippen MR) is 154 cm³/mol. The number of carboxylic acid groups (broad SMARTS) is 1. The maximum atomic E-state index is 11.9. The summed E-state index contributed by atoms with van der Waals surface area (Å²) in [5.74, 6) is 1.24. The fraction of sp³-hybridized carbons (Fsp3) is 0.552. The molecule has 2 atom stereocenters. The second-order valence-corrected chi connectivity index (χ2v) is 11.0. The van der Waals surface area contributed by atoms with E-state index >= 15 is 0 Å². The molecule has 1 aromatic rings. The molecular formula is C29H41N7O3. The number of hydrogen-bond donors (Lipinski definition) is 5. The van der Waals surface area contributed by atoms with Crippen molar-refractivity contribution in [3.05, 3.63) is 47.8 Å². The van der Waals surface area contributed by atoms with Gasteiger partial charge in [0.15, 0.2) is 17.5 Å². The first kappa shape index (κ1) is 28.5. The summed E-state index contributed by atoms with van der Waals surface area (Å²) in [6.45, 7) is 4.59. The van der Waals surface area contributed by atoms with Crippen LogP contribution in [0.25, 0.3) is 0 Å². The molecule has 1 amide bonds. The molecule has 0 aromatic heterocycles. The highest BCUT2D eigenvalue weighted by atomic mass is 16.4. The molecule has 4 rings (SSSR count). The zero-order valence-corrected chi connectivity index (χ0v) is 23.2. The highest BCUT2D eigenvalue weighted by Crippen LogP contribution is 2.35. The van der Waals surface area contributed by atoms with Gasteiger partial charge in [-0.05, 0) is 56.9 Å². The number of rotatable bonds is 7. The molecule has 3 aliphatic rings. The van der Waals surface area contributed by atoms with Crippen molar-refractivity contribution in [2.24, 2.45) is 26.8 Å². The molecule has 1 aromatic carbocycles. The molecule has 210 valence electrons. The molecule has 2 saturated carbocycles. The van der Waals surface area contributed by atoms with Crippen LogP contribution in [0, 0.1) is 17.2 Å². The Labute approximate surface area is 230 Å². The lowest BCUT2D eigenvalue weighted by molar-refractivity contribution is 0.118. The van der Waals surface area contributed by atoms with Crippen LogP contribution in [0.3, 0.4) is 0 Å². The van der Waals surface area contributed by atoms with Crippen molar-refractivity contribution in [3.8, 4) is 0 Å². The molecular weight excluding hydrogens is 494 g/mol. The Morgan fingerprint density at radius 2 is 1.90 bits per heavy atom. The lowest BCUT2D eigenvalue weighted by Gasteiger charge is -2.35. The summed E-state index contributed by atoms with van der Waals surface area (Å²) in [6.07, 6.45) is 10.0. The van der Waals surface area contributed by atoms with E-state index in [2.05, 4.69) is 27.1 Å². The zero-order valence-electron chi connectivity index (χ0n) is 23.2. The van der Waals surface area contributed by atoms with E-state index in [1.54, 1.807) is 6.92 Å². The largest absolute Gasteiger partial charge is 0.465 e. The molecule has 0 bridgehead atoms. The van der Waals surface area contributed by atoms with Gasteiger partial charge < -0.3 is 20.4 Å². The lowest BCUT2D eigenvalue weighted by atomic mass is 9.80. The molecule has 1 unspecified atom stereocenters. The van der Waals surface area contributed by atoms with E-state index in [0.717, 1.165) is 12.8 Å². The van der Waals surface area contributed by atoms with E-state index in [9.17, 15) is 9.90 Å². The van der Waals surface area contributed by atoms with Crippen LogP contribution in [0.2, 0.25) is 0 Å². The molecule has 39 heavy (non-hydrogen) atoms. The molecule has 1 aliphatic heterocycles. The molecule has 1 heterocycles. The van der Waals surface area contributed by atoms with Gasteiger partial charge in [0, 0.05) is 25.8 Å². The van der Waals surface area contributed by atoms with E-state index in [4.69, 9.17) is 15.5 Å². The molecule has 10 nitrogen and oxygen atoms in total. The van der Waals surface area contributed by atoms with Crippen molar-refractivity contribution in [1.82, 2.24) is 15.5 Å². The standard InChI is InChI=1S/C29H41N7O3/c1-19(21-13-10-14-21)32-17-23-25(34-26(31-3)24(30)33-28(37)38)35-27(29(2,39)22-15-8-5-9-16-22)36(23)18-20-11-6-4-7-12-20/h5,8-9,15-17,19-21,32,39H,4,6-7,10-14,18H2,1-3H3,(H2,30,33)(H,37,38)/b23-17-,31-26-,34-25+/t19-,29?/m1/s1. The summed E-state index contributed by atoms with van der Waals surface area (Å²) < 4.78 is 0. The number of hydrogen-bond acceptors (Lipinski definition) is 6. The third-order valence-corrected chi connectivity index (χ3v) is 8.14. The van der Waals surface area contributed by atoms with Crippen LogP contribution in [-0.2, 0) is 5.60 Å². The Morgan fingerprint density at radius 3 is 2.49 bits per heavy atom. The fourth-order valence-corrected chi connectivity index (χ4v) is 5.52. The van der Waals surface area contributed by atoms with E-state index in [-0.39, 0.29) is 17.7 Å². The van der Waals surface area contributed by atoms with Crippen molar-refractivity contribution >= 4 is 29.4 Å². The van der Waals surface area contributed by atoms with Crippen molar-refractivity contribution in [2.45, 2.75) is 76.9 Å². The van der Waals surface area contributed by atoms with Gasteiger partial charge in [0.25, 0.3) is 0 Å². The van der Waals surface area contributed by atoms with E-state index in [1.807, 2.05) is 41.8 Å². The minimum Gasteiger partial charge on any atom is -0.465 e. The Morgan fingerprint density at radius 1 is 1.21 bits per heavy atom. The Bertz CT molecular complexity index is 1160. The number of nitrogens with zero attached hydrogens (tertiary/aromatic N) is 4. The summed E-state index contributed by atoms with van der Waals surface area (Å²) in [6, 6.07) is 9.70. The number of aliphatic hydroxyl groups is 1. The number of carbonyl (C=O) groups is 1. The van der Waals surface area contributed by atoms with Crippen LogP contribution >= 0.6 is 0 Å². The summed E-state index contributed by atoms with van der Waals surface area (Å²) >= 11 is 0. The van der Waals surface area contributed by atoms with Crippen LogP contribution in [0.1, 0.15) is 70.8 Å². The maximum absolute atomic E-state index is 11.9. The van der Waals surface area contributed by atoms with Crippen LogP contribution in [-0.4, -0.2) is 64.2 Å².